The van der Waals surface area contributed by atoms with Crippen LogP contribution in [-0.4, -0.2) is 54.1 Å². The molecule has 1 N–H and O–H groups in total. The molecule has 3 atom stereocenters. The van der Waals surface area contributed by atoms with Gasteiger partial charge in [0.2, 0.25) is 5.91 Å². The van der Waals surface area contributed by atoms with Gasteiger partial charge in [0, 0.05) is 32.2 Å². The molecule has 1 saturated carbocycles. The van der Waals surface area contributed by atoms with Crippen LogP contribution in [0.4, 0.5) is 6.01 Å². The normalized spacial score (nSPS) is 26.6. The molecule has 3 aliphatic rings. The predicted octanol–water partition coefficient (Wildman–Crippen LogP) is 3.55. The van der Waals surface area contributed by atoms with Crippen LogP contribution >= 0.6 is 24.8 Å². The molecule has 5 rings (SSSR count). The third-order valence-electron chi connectivity index (χ3n) is 6.55. The fourth-order valence-corrected chi connectivity index (χ4v) is 5.01. The Hall–Kier alpha value is -1.50. The lowest BCUT2D eigenvalue weighted by atomic mass is 9.85. The van der Waals surface area contributed by atoms with E-state index in [4.69, 9.17) is 4.42 Å². The Morgan fingerprint density at radius 3 is 2.66 bits per heavy atom. The average molecular weight is 441 g/mol. The molecule has 29 heavy (non-hydrogen) atoms. The van der Waals surface area contributed by atoms with Gasteiger partial charge in [-0.05, 0) is 49.8 Å². The highest BCUT2D eigenvalue weighted by molar-refractivity contribution is 5.85. The van der Waals surface area contributed by atoms with Crippen LogP contribution in [0.1, 0.15) is 37.7 Å². The van der Waals surface area contributed by atoms with Crippen molar-refractivity contribution in [2.24, 2.45) is 5.92 Å². The zero-order valence-corrected chi connectivity index (χ0v) is 18.4. The number of hydrogen-bond donors (Lipinski definition) is 1. The lowest BCUT2D eigenvalue weighted by molar-refractivity contribution is -0.133. The largest absolute Gasteiger partial charge is 0.423 e. The summed E-state index contributed by atoms with van der Waals surface area (Å²) < 4.78 is 5.92. The van der Waals surface area contributed by atoms with Crippen molar-refractivity contribution in [3.05, 3.63) is 23.8 Å². The maximum absolute atomic E-state index is 13.0. The number of aromatic nitrogens is 1. The van der Waals surface area contributed by atoms with Crippen molar-refractivity contribution in [3.8, 4) is 0 Å². The highest BCUT2D eigenvalue weighted by Crippen LogP contribution is 2.34. The van der Waals surface area contributed by atoms with Crippen molar-refractivity contribution in [2.75, 3.05) is 31.1 Å². The van der Waals surface area contributed by atoms with E-state index in [1.54, 1.807) is 0 Å². The maximum Gasteiger partial charge on any atom is 0.298 e. The summed E-state index contributed by atoms with van der Waals surface area (Å²) >= 11 is 0. The van der Waals surface area contributed by atoms with Crippen molar-refractivity contribution in [1.29, 1.82) is 0 Å². The second kappa shape index (κ2) is 9.11. The molecule has 3 fully saturated rings. The Kier molecular flexibility index (Phi) is 6.97. The van der Waals surface area contributed by atoms with Crippen LogP contribution in [0.5, 0.6) is 0 Å². The number of anilines is 1. The van der Waals surface area contributed by atoms with Gasteiger partial charge in [0.15, 0.2) is 5.58 Å². The minimum absolute atomic E-state index is 0. The van der Waals surface area contributed by atoms with Gasteiger partial charge in [0.1, 0.15) is 5.52 Å². The summed E-state index contributed by atoms with van der Waals surface area (Å²) in [4.78, 5) is 21.8. The lowest BCUT2D eigenvalue weighted by Crippen LogP contribution is -2.53. The fourth-order valence-electron chi connectivity index (χ4n) is 5.01. The zero-order valence-electron chi connectivity index (χ0n) is 16.8. The SMILES string of the molecule is Cc1ccc2oc(N3CCN(C(=O)C4CC5CCCCC5N4)CC3)nc2c1.Cl.Cl. The molecule has 8 heteroatoms. The van der Waals surface area contributed by atoms with E-state index < -0.39 is 0 Å². The van der Waals surface area contributed by atoms with E-state index in [1.807, 2.05) is 23.1 Å². The number of nitrogens with zero attached hydrogens (tertiary/aromatic N) is 3. The molecular formula is C21H30Cl2N4O2. The second-order valence-corrected chi connectivity index (χ2v) is 8.39. The molecular weight excluding hydrogens is 411 g/mol. The van der Waals surface area contributed by atoms with Crippen LogP contribution in [0.25, 0.3) is 11.1 Å². The van der Waals surface area contributed by atoms with Crippen molar-refractivity contribution in [3.63, 3.8) is 0 Å². The number of aryl methyl sites for hydroxylation is 1. The Bertz CT molecular complexity index is 836. The van der Waals surface area contributed by atoms with Gasteiger partial charge in [-0.15, -0.1) is 24.8 Å². The molecule has 3 heterocycles. The number of rotatable bonds is 2. The molecule has 2 aromatic rings. The van der Waals surface area contributed by atoms with Crippen LogP contribution in [0.3, 0.4) is 0 Å². The van der Waals surface area contributed by atoms with Gasteiger partial charge in [-0.3, -0.25) is 4.79 Å². The monoisotopic (exact) mass is 440 g/mol. The molecule has 3 unspecified atom stereocenters. The van der Waals surface area contributed by atoms with Crippen LogP contribution in [0, 0.1) is 12.8 Å². The van der Waals surface area contributed by atoms with Crippen molar-refractivity contribution < 1.29 is 9.21 Å². The minimum atomic E-state index is 0. The number of carbonyl (C=O) groups is 1. The molecule has 0 spiro atoms. The van der Waals surface area contributed by atoms with E-state index in [0.717, 1.165) is 43.7 Å². The summed E-state index contributed by atoms with van der Waals surface area (Å²) in [6.45, 7) is 5.09. The fraction of sp³-hybridized carbons (Fsp3) is 0.619. The first kappa shape index (κ1) is 22.2. The van der Waals surface area contributed by atoms with Gasteiger partial charge < -0.3 is 19.5 Å². The quantitative estimate of drug-likeness (QED) is 0.773. The molecule has 1 amide bonds. The smallest absolute Gasteiger partial charge is 0.298 e. The highest BCUT2D eigenvalue weighted by Gasteiger charge is 2.40. The summed E-state index contributed by atoms with van der Waals surface area (Å²) in [5.74, 6) is 0.995. The number of hydrogen-bond acceptors (Lipinski definition) is 5. The maximum atomic E-state index is 13.0. The highest BCUT2D eigenvalue weighted by atomic mass is 35.5. The van der Waals surface area contributed by atoms with Crippen LogP contribution < -0.4 is 10.2 Å². The standard InChI is InChI=1S/C21H28N4O2.2ClH/c1-14-6-7-19-17(12-14)23-21(27-19)25-10-8-24(9-11-25)20(26)18-13-15-4-2-3-5-16(15)22-18;;/h6-7,12,15-16,18,22H,2-5,8-11,13H2,1H3;2*1H. The summed E-state index contributed by atoms with van der Waals surface area (Å²) in [5.41, 5.74) is 2.91. The Morgan fingerprint density at radius 1 is 1.14 bits per heavy atom. The lowest BCUT2D eigenvalue weighted by Gasteiger charge is -2.35. The Labute approximate surface area is 184 Å². The van der Waals surface area contributed by atoms with E-state index in [1.165, 1.54) is 31.2 Å². The molecule has 160 valence electrons. The summed E-state index contributed by atoms with van der Waals surface area (Å²) in [6.07, 6.45) is 6.17. The van der Waals surface area contributed by atoms with E-state index in [2.05, 4.69) is 22.1 Å². The third kappa shape index (κ3) is 4.35. The van der Waals surface area contributed by atoms with Crippen molar-refractivity contribution >= 4 is 47.8 Å². The first-order valence-corrected chi connectivity index (χ1v) is 10.3. The van der Waals surface area contributed by atoms with E-state index >= 15 is 0 Å². The van der Waals surface area contributed by atoms with E-state index in [-0.39, 0.29) is 36.8 Å². The number of fused-ring (bicyclic) bond motifs is 2. The summed E-state index contributed by atoms with van der Waals surface area (Å²) in [5, 5.41) is 3.62. The molecule has 0 radical (unpaired) electrons. The van der Waals surface area contributed by atoms with Crippen LogP contribution in [0.15, 0.2) is 22.6 Å². The average Bonchev–Trinajstić information content (AvgIpc) is 3.31. The van der Waals surface area contributed by atoms with Gasteiger partial charge in [-0.25, -0.2) is 0 Å². The molecule has 2 aliphatic heterocycles. The number of amides is 1. The molecule has 2 saturated heterocycles. The number of benzene rings is 1. The van der Waals surface area contributed by atoms with Crippen LogP contribution in [0.2, 0.25) is 0 Å². The number of piperazine rings is 1. The number of nitrogens with one attached hydrogen (secondary N) is 1. The van der Waals surface area contributed by atoms with Gasteiger partial charge >= 0.3 is 0 Å². The van der Waals surface area contributed by atoms with Gasteiger partial charge in [0.05, 0.1) is 6.04 Å². The molecule has 1 aromatic carbocycles. The van der Waals surface area contributed by atoms with Gasteiger partial charge in [-0.2, -0.15) is 4.98 Å². The Morgan fingerprint density at radius 2 is 1.90 bits per heavy atom. The van der Waals surface area contributed by atoms with Crippen molar-refractivity contribution in [1.82, 2.24) is 15.2 Å². The molecule has 1 aromatic heterocycles. The van der Waals surface area contributed by atoms with E-state index in [9.17, 15) is 4.79 Å². The second-order valence-electron chi connectivity index (χ2n) is 8.39. The van der Waals surface area contributed by atoms with Gasteiger partial charge in [0.25, 0.3) is 6.01 Å². The first-order valence-electron chi connectivity index (χ1n) is 10.3. The predicted molar refractivity (Wildman–Crippen MR) is 119 cm³/mol. The zero-order chi connectivity index (χ0) is 18.4. The van der Waals surface area contributed by atoms with Crippen LogP contribution in [-0.2, 0) is 4.79 Å². The molecule has 1 aliphatic carbocycles. The van der Waals surface area contributed by atoms with Gasteiger partial charge in [-0.1, -0.05) is 18.9 Å². The third-order valence-corrected chi connectivity index (χ3v) is 6.55. The van der Waals surface area contributed by atoms with Crippen molar-refractivity contribution in [2.45, 2.75) is 51.1 Å². The molecule has 0 bridgehead atoms. The molecule has 6 nitrogen and oxygen atoms in total. The van der Waals surface area contributed by atoms with E-state index in [0.29, 0.717) is 18.0 Å². The summed E-state index contributed by atoms with van der Waals surface area (Å²) in [6, 6.07) is 7.33. The topological polar surface area (TPSA) is 61.6 Å². The number of carbonyl (C=O) groups excluding carboxylic acids is 1. The number of oxazole rings is 1. The summed E-state index contributed by atoms with van der Waals surface area (Å²) in [7, 11) is 0. The first-order chi connectivity index (χ1) is 13.2. The Balaban J connectivity index is 0.00000120. The number of halogens is 2. The minimum Gasteiger partial charge on any atom is -0.423 e.